The van der Waals surface area contributed by atoms with Gasteiger partial charge < -0.3 is 9.64 Å². The van der Waals surface area contributed by atoms with Crippen LogP contribution in [0.3, 0.4) is 0 Å². The normalized spacial score (nSPS) is 25.4. The quantitative estimate of drug-likeness (QED) is 0.763. The summed E-state index contributed by atoms with van der Waals surface area (Å²) in [6, 6.07) is 2.33. The van der Waals surface area contributed by atoms with Crippen LogP contribution >= 0.6 is 0 Å². The molecular weight excluding hydrogens is 254 g/mol. The third-order valence-electron chi connectivity index (χ3n) is 4.35. The average Bonchev–Trinajstić information content (AvgIpc) is 3.00. The van der Waals surface area contributed by atoms with Gasteiger partial charge in [0.25, 0.3) is 0 Å². The van der Waals surface area contributed by atoms with Crippen molar-refractivity contribution in [2.24, 2.45) is 0 Å². The SMILES string of the molecule is CCC(C#N)N1CCN(C(=O)CCC2CCCO2)CC1. The molecule has 2 fully saturated rings. The van der Waals surface area contributed by atoms with E-state index in [2.05, 4.69) is 11.0 Å². The Labute approximate surface area is 121 Å². The van der Waals surface area contributed by atoms with Gasteiger partial charge in [-0.3, -0.25) is 9.69 Å². The molecule has 0 aromatic carbocycles. The lowest BCUT2D eigenvalue weighted by atomic mass is 10.1. The van der Waals surface area contributed by atoms with Gasteiger partial charge in [0.1, 0.15) is 0 Å². The molecule has 0 radical (unpaired) electrons. The second-order valence-electron chi connectivity index (χ2n) is 5.64. The summed E-state index contributed by atoms with van der Waals surface area (Å²) in [5.74, 6) is 0.241. The molecule has 2 heterocycles. The molecule has 0 bridgehead atoms. The minimum atomic E-state index is -0.000795. The van der Waals surface area contributed by atoms with Crippen LogP contribution in [-0.4, -0.2) is 60.6 Å². The number of carbonyl (C=O) groups is 1. The number of ether oxygens (including phenoxy) is 1. The maximum absolute atomic E-state index is 12.2. The lowest BCUT2D eigenvalue weighted by molar-refractivity contribution is -0.133. The third-order valence-corrected chi connectivity index (χ3v) is 4.35. The van der Waals surface area contributed by atoms with Crippen molar-refractivity contribution in [2.45, 2.75) is 51.2 Å². The van der Waals surface area contributed by atoms with Gasteiger partial charge in [0.05, 0.1) is 18.2 Å². The van der Waals surface area contributed by atoms with Crippen LogP contribution in [0.5, 0.6) is 0 Å². The monoisotopic (exact) mass is 279 g/mol. The van der Waals surface area contributed by atoms with E-state index < -0.39 is 0 Å². The van der Waals surface area contributed by atoms with Crippen LogP contribution in [-0.2, 0) is 9.53 Å². The second kappa shape index (κ2) is 7.61. The van der Waals surface area contributed by atoms with E-state index >= 15 is 0 Å². The molecule has 1 amide bonds. The Morgan fingerprint density at radius 3 is 2.70 bits per heavy atom. The molecule has 20 heavy (non-hydrogen) atoms. The van der Waals surface area contributed by atoms with Gasteiger partial charge in [-0.05, 0) is 25.7 Å². The summed E-state index contributed by atoms with van der Waals surface area (Å²) >= 11 is 0. The van der Waals surface area contributed by atoms with Gasteiger partial charge in [-0.2, -0.15) is 5.26 Å². The first-order valence-corrected chi connectivity index (χ1v) is 7.77. The third kappa shape index (κ3) is 3.94. The van der Waals surface area contributed by atoms with Crippen molar-refractivity contribution in [3.05, 3.63) is 0 Å². The van der Waals surface area contributed by atoms with Crippen molar-refractivity contribution in [3.63, 3.8) is 0 Å². The Kier molecular flexibility index (Phi) is 5.81. The Bertz CT molecular complexity index is 353. The largest absolute Gasteiger partial charge is 0.378 e. The lowest BCUT2D eigenvalue weighted by Gasteiger charge is -2.36. The van der Waals surface area contributed by atoms with E-state index in [1.807, 2.05) is 11.8 Å². The van der Waals surface area contributed by atoms with Gasteiger partial charge in [0.2, 0.25) is 5.91 Å². The molecule has 2 rings (SSSR count). The first kappa shape index (κ1) is 15.3. The molecule has 2 aliphatic rings. The van der Waals surface area contributed by atoms with Gasteiger partial charge in [-0.15, -0.1) is 0 Å². The van der Waals surface area contributed by atoms with E-state index in [0.29, 0.717) is 12.5 Å². The fourth-order valence-electron chi connectivity index (χ4n) is 3.03. The van der Waals surface area contributed by atoms with Crippen LogP contribution in [0, 0.1) is 11.3 Å². The molecule has 0 aromatic heterocycles. The molecule has 2 unspecified atom stereocenters. The minimum absolute atomic E-state index is 0.000795. The lowest BCUT2D eigenvalue weighted by Crippen LogP contribution is -2.51. The zero-order chi connectivity index (χ0) is 14.4. The molecule has 2 aliphatic heterocycles. The first-order chi connectivity index (χ1) is 9.74. The van der Waals surface area contributed by atoms with E-state index in [-0.39, 0.29) is 11.9 Å². The highest BCUT2D eigenvalue weighted by atomic mass is 16.5. The molecule has 5 nitrogen and oxygen atoms in total. The summed E-state index contributed by atoms with van der Waals surface area (Å²) in [6.45, 7) is 6.03. The topological polar surface area (TPSA) is 56.6 Å². The van der Waals surface area contributed by atoms with Crippen molar-refractivity contribution in [1.82, 2.24) is 9.80 Å². The van der Waals surface area contributed by atoms with E-state index in [1.54, 1.807) is 0 Å². The fraction of sp³-hybridized carbons (Fsp3) is 0.867. The molecule has 2 saturated heterocycles. The molecule has 5 heteroatoms. The van der Waals surface area contributed by atoms with Gasteiger partial charge in [0.15, 0.2) is 0 Å². The summed E-state index contributed by atoms with van der Waals surface area (Å²) in [7, 11) is 0. The highest BCUT2D eigenvalue weighted by Crippen LogP contribution is 2.18. The Morgan fingerprint density at radius 2 is 2.15 bits per heavy atom. The molecule has 0 aromatic rings. The van der Waals surface area contributed by atoms with E-state index in [1.165, 1.54) is 0 Å². The van der Waals surface area contributed by atoms with Crippen molar-refractivity contribution in [2.75, 3.05) is 32.8 Å². The number of amides is 1. The van der Waals surface area contributed by atoms with Crippen LogP contribution in [0.4, 0.5) is 0 Å². The molecule has 0 aliphatic carbocycles. The fourth-order valence-corrected chi connectivity index (χ4v) is 3.03. The van der Waals surface area contributed by atoms with Gasteiger partial charge in [0, 0.05) is 39.2 Å². The highest BCUT2D eigenvalue weighted by molar-refractivity contribution is 5.76. The summed E-state index contributed by atoms with van der Waals surface area (Å²) in [5.41, 5.74) is 0. The first-order valence-electron chi connectivity index (χ1n) is 7.77. The smallest absolute Gasteiger partial charge is 0.222 e. The summed E-state index contributed by atoms with van der Waals surface area (Å²) in [5, 5.41) is 9.07. The van der Waals surface area contributed by atoms with Crippen LogP contribution in [0.25, 0.3) is 0 Å². The number of piperazine rings is 1. The maximum atomic E-state index is 12.2. The van der Waals surface area contributed by atoms with Crippen LogP contribution in [0.2, 0.25) is 0 Å². The number of hydrogen-bond acceptors (Lipinski definition) is 4. The standard InChI is InChI=1S/C15H25N3O2/c1-2-13(12-16)17-7-9-18(10-8-17)15(19)6-5-14-4-3-11-20-14/h13-14H,2-11H2,1H3. The molecule has 0 spiro atoms. The van der Waals surface area contributed by atoms with Gasteiger partial charge >= 0.3 is 0 Å². The molecular formula is C15H25N3O2. The predicted octanol–water partition coefficient (Wildman–Crippen LogP) is 1.39. The van der Waals surface area contributed by atoms with Crippen molar-refractivity contribution < 1.29 is 9.53 Å². The van der Waals surface area contributed by atoms with E-state index in [9.17, 15) is 4.79 Å². The number of rotatable bonds is 5. The van der Waals surface area contributed by atoms with E-state index in [0.717, 1.165) is 58.5 Å². The number of nitrogens with zero attached hydrogens (tertiary/aromatic N) is 3. The van der Waals surface area contributed by atoms with Crippen molar-refractivity contribution >= 4 is 5.91 Å². The Balaban J connectivity index is 1.70. The maximum Gasteiger partial charge on any atom is 0.222 e. The zero-order valence-corrected chi connectivity index (χ0v) is 12.4. The van der Waals surface area contributed by atoms with Crippen molar-refractivity contribution in [1.29, 1.82) is 5.26 Å². The molecule has 0 saturated carbocycles. The average molecular weight is 279 g/mol. The van der Waals surface area contributed by atoms with Crippen LogP contribution < -0.4 is 0 Å². The summed E-state index contributed by atoms with van der Waals surface area (Å²) in [4.78, 5) is 16.3. The van der Waals surface area contributed by atoms with Gasteiger partial charge in [-0.1, -0.05) is 6.92 Å². The number of hydrogen-bond donors (Lipinski definition) is 0. The van der Waals surface area contributed by atoms with E-state index in [4.69, 9.17) is 10.00 Å². The number of carbonyl (C=O) groups excluding carboxylic acids is 1. The Morgan fingerprint density at radius 1 is 1.40 bits per heavy atom. The predicted molar refractivity (Wildman–Crippen MR) is 76.1 cm³/mol. The molecule has 0 N–H and O–H groups in total. The minimum Gasteiger partial charge on any atom is -0.378 e. The van der Waals surface area contributed by atoms with Crippen LogP contribution in [0.15, 0.2) is 0 Å². The van der Waals surface area contributed by atoms with Crippen molar-refractivity contribution in [3.8, 4) is 6.07 Å². The number of nitriles is 1. The highest BCUT2D eigenvalue weighted by Gasteiger charge is 2.25. The Hall–Kier alpha value is -1.12. The molecule has 2 atom stereocenters. The molecule has 112 valence electrons. The summed E-state index contributed by atoms with van der Waals surface area (Å²) < 4.78 is 5.55. The second-order valence-corrected chi connectivity index (χ2v) is 5.64. The van der Waals surface area contributed by atoms with Gasteiger partial charge in [-0.25, -0.2) is 0 Å². The zero-order valence-electron chi connectivity index (χ0n) is 12.4. The summed E-state index contributed by atoms with van der Waals surface area (Å²) in [6.07, 6.45) is 4.83. The van der Waals surface area contributed by atoms with Crippen LogP contribution in [0.1, 0.15) is 39.0 Å².